The first-order chi connectivity index (χ1) is 7.77. The van der Waals surface area contributed by atoms with Crippen molar-refractivity contribution in [1.82, 2.24) is 4.72 Å². The lowest BCUT2D eigenvalue weighted by Crippen LogP contribution is -2.35. The molecule has 0 aliphatic rings. The maximum atomic E-state index is 11.7. The Balaban J connectivity index is 3.40. The number of sulfonamides is 1. The summed E-state index contributed by atoms with van der Waals surface area (Å²) in [6, 6.07) is 1.35. The molecule has 1 aromatic rings. The number of urea groups is 1. The second kappa shape index (κ2) is 4.80. The Morgan fingerprint density at radius 1 is 1.47 bits per heavy atom. The predicted molar refractivity (Wildman–Crippen MR) is 65.0 cm³/mol. The zero-order valence-electron chi connectivity index (χ0n) is 8.73. The lowest BCUT2D eigenvalue weighted by Gasteiger charge is -2.11. The standard InChI is InChI=1S/C8H10BrN3O4S/c1-16-6-2-4(9)5(10)3-7(6)17(14,15)12-8(11)13/h2-3H,10H2,1H3,(H3,11,12,13). The quantitative estimate of drug-likeness (QED) is 0.694. The van der Waals surface area contributed by atoms with Crippen LogP contribution in [0.15, 0.2) is 21.5 Å². The van der Waals surface area contributed by atoms with Gasteiger partial charge in [-0.15, -0.1) is 0 Å². The van der Waals surface area contributed by atoms with E-state index < -0.39 is 16.1 Å². The lowest BCUT2D eigenvalue weighted by atomic mass is 10.3. The smallest absolute Gasteiger partial charge is 0.326 e. The number of nitrogen functional groups attached to an aromatic ring is 1. The Bertz CT molecular complexity index is 558. The molecule has 17 heavy (non-hydrogen) atoms. The molecule has 94 valence electrons. The normalized spacial score (nSPS) is 10.9. The molecular formula is C8H10BrN3O4S. The van der Waals surface area contributed by atoms with Gasteiger partial charge in [0.25, 0.3) is 10.0 Å². The van der Waals surface area contributed by atoms with E-state index in [1.807, 2.05) is 0 Å². The highest BCUT2D eigenvalue weighted by molar-refractivity contribution is 9.10. The SMILES string of the molecule is COc1cc(Br)c(N)cc1S(=O)(=O)NC(N)=O. The maximum absolute atomic E-state index is 11.7. The maximum Gasteiger partial charge on any atom is 0.326 e. The largest absolute Gasteiger partial charge is 0.495 e. The predicted octanol–water partition coefficient (Wildman–Crippen LogP) is 0.397. The summed E-state index contributed by atoms with van der Waals surface area (Å²) < 4.78 is 30.4. The molecule has 1 rings (SSSR count). The van der Waals surface area contributed by atoms with Gasteiger partial charge < -0.3 is 16.2 Å². The molecule has 0 fully saturated rings. The van der Waals surface area contributed by atoms with E-state index in [9.17, 15) is 13.2 Å². The average molecular weight is 324 g/mol. The Kier molecular flexibility index (Phi) is 3.83. The number of ether oxygens (including phenoxy) is 1. The first kappa shape index (κ1) is 13.6. The Morgan fingerprint density at radius 2 is 2.06 bits per heavy atom. The Morgan fingerprint density at radius 3 is 2.53 bits per heavy atom. The number of amides is 2. The number of halogens is 1. The molecule has 0 radical (unpaired) electrons. The zero-order chi connectivity index (χ0) is 13.2. The number of methoxy groups -OCH3 is 1. The van der Waals surface area contributed by atoms with Crippen LogP contribution in [0.2, 0.25) is 0 Å². The average Bonchev–Trinajstić information content (AvgIpc) is 2.19. The van der Waals surface area contributed by atoms with Crippen LogP contribution in [0.1, 0.15) is 0 Å². The molecule has 0 saturated carbocycles. The number of hydrogen-bond donors (Lipinski definition) is 3. The van der Waals surface area contributed by atoms with E-state index >= 15 is 0 Å². The van der Waals surface area contributed by atoms with Crippen molar-refractivity contribution in [3.05, 3.63) is 16.6 Å². The summed E-state index contributed by atoms with van der Waals surface area (Å²) in [5, 5.41) is 0. The number of hydrogen-bond acceptors (Lipinski definition) is 5. The zero-order valence-corrected chi connectivity index (χ0v) is 11.1. The molecule has 0 heterocycles. The number of carbonyl (C=O) groups is 1. The first-order valence-corrected chi connectivity index (χ1v) is 6.51. The molecule has 9 heteroatoms. The molecule has 0 bridgehead atoms. The second-order valence-corrected chi connectivity index (χ2v) is 5.50. The van der Waals surface area contributed by atoms with Crippen LogP contribution >= 0.6 is 15.9 Å². The summed E-state index contributed by atoms with van der Waals surface area (Å²) in [5.41, 5.74) is 10.5. The number of nitrogens with one attached hydrogen (secondary N) is 1. The summed E-state index contributed by atoms with van der Waals surface area (Å²) >= 11 is 3.13. The van der Waals surface area contributed by atoms with E-state index in [1.165, 1.54) is 13.2 Å². The van der Waals surface area contributed by atoms with Crippen LogP contribution in [0.5, 0.6) is 5.75 Å². The van der Waals surface area contributed by atoms with E-state index in [0.29, 0.717) is 4.47 Å². The molecular weight excluding hydrogens is 314 g/mol. The summed E-state index contributed by atoms with van der Waals surface area (Å²) in [5.74, 6) is 0.0415. The van der Waals surface area contributed by atoms with E-state index in [4.69, 9.17) is 16.2 Å². The van der Waals surface area contributed by atoms with Gasteiger partial charge in [0.2, 0.25) is 0 Å². The van der Waals surface area contributed by atoms with E-state index in [2.05, 4.69) is 15.9 Å². The highest BCUT2D eigenvalue weighted by Crippen LogP contribution is 2.32. The van der Waals surface area contributed by atoms with Crippen molar-refractivity contribution in [1.29, 1.82) is 0 Å². The van der Waals surface area contributed by atoms with Crippen molar-refractivity contribution in [2.45, 2.75) is 4.90 Å². The van der Waals surface area contributed by atoms with Gasteiger partial charge in [0, 0.05) is 10.2 Å². The third-order valence-electron chi connectivity index (χ3n) is 1.81. The Hall–Kier alpha value is -1.48. The lowest BCUT2D eigenvalue weighted by molar-refractivity contribution is 0.253. The summed E-state index contributed by atoms with van der Waals surface area (Å²) in [6.45, 7) is 0. The van der Waals surface area contributed by atoms with Crippen LogP contribution in [-0.4, -0.2) is 21.6 Å². The summed E-state index contributed by atoms with van der Waals surface area (Å²) in [4.78, 5) is 10.3. The fraction of sp³-hybridized carbons (Fsp3) is 0.125. The third kappa shape index (κ3) is 3.01. The molecule has 5 N–H and O–H groups in total. The van der Waals surface area contributed by atoms with Gasteiger partial charge in [-0.05, 0) is 28.1 Å². The molecule has 0 aromatic heterocycles. The number of benzene rings is 1. The van der Waals surface area contributed by atoms with Crippen molar-refractivity contribution < 1.29 is 17.9 Å². The van der Waals surface area contributed by atoms with Crippen molar-refractivity contribution in [2.75, 3.05) is 12.8 Å². The van der Waals surface area contributed by atoms with E-state index in [-0.39, 0.29) is 16.3 Å². The number of rotatable bonds is 3. The molecule has 0 aliphatic heterocycles. The number of anilines is 1. The first-order valence-electron chi connectivity index (χ1n) is 4.23. The van der Waals surface area contributed by atoms with Crippen molar-refractivity contribution in [3.63, 3.8) is 0 Å². The second-order valence-electron chi connectivity index (χ2n) is 2.99. The van der Waals surface area contributed by atoms with Gasteiger partial charge in [0.15, 0.2) is 0 Å². The van der Waals surface area contributed by atoms with Crippen LogP contribution in [0, 0.1) is 0 Å². The molecule has 0 aliphatic carbocycles. The monoisotopic (exact) mass is 323 g/mol. The fourth-order valence-electron chi connectivity index (χ4n) is 1.11. The minimum Gasteiger partial charge on any atom is -0.495 e. The topological polar surface area (TPSA) is 125 Å². The van der Waals surface area contributed by atoms with Crippen LogP contribution in [-0.2, 0) is 10.0 Å². The number of primary amides is 1. The summed E-state index contributed by atoms with van der Waals surface area (Å²) in [6.07, 6.45) is 0. The van der Waals surface area contributed by atoms with E-state index in [1.54, 1.807) is 4.72 Å². The van der Waals surface area contributed by atoms with Gasteiger partial charge in [-0.1, -0.05) is 0 Å². The molecule has 1 aromatic carbocycles. The van der Waals surface area contributed by atoms with Crippen molar-refractivity contribution in [2.24, 2.45) is 5.73 Å². The van der Waals surface area contributed by atoms with Crippen LogP contribution in [0.4, 0.5) is 10.5 Å². The van der Waals surface area contributed by atoms with Gasteiger partial charge >= 0.3 is 6.03 Å². The third-order valence-corrected chi connectivity index (χ3v) is 3.86. The summed E-state index contributed by atoms with van der Waals surface area (Å²) in [7, 11) is -2.80. The molecule has 7 nitrogen and oxygen atoms in total. The number of carbonyl (C=O) groups excluding carboxylic acids is 1. The van der Waals surface area contributed by atoms with Crippen LogP contribution < -0.4 is 20.9 Å². The van der Waals surface area contributed by atoms with Crippen LogP contribution in [0.25, 0.3) is 0 Å². The molecule has 0 spiro atoms. The highest BCUT2D eigenvalue weighted by atomic mass is 79.9. The van der Waals surface area contributed by atoms with Gasteiger partial charge in [0.1, 0.15) is 10.6 Å². The minimum atomic E-state index is -4.09. The van der Waals surface area contributed by atoms with Crippen LogP contribution in [0.3, 0.4) is 0 Å². The Labute approximate surface area is 106 Å². The fourth-order valence-corrected chi connectivity index (χ4v) is 2.49. The molecule has 0 unspecified atom stereocenters. The van der Waals surface area contributed by atoms with Crippen molar-refractivity contribution >= 4 is 37.7 Å². The van der Waals surface area contributed by atoms with Gasteiger partial charge in [-0.2, -0.15) is 0 Å². The molecule has 0 atom stereocenters. The van der Waals surface area contributed by atoms with Crippen molar-refractivity contribution in [3.8, 4) is 5.75 Å². The van der Waals surface area contributed by atoms with Gasteiger partial charge in [0.05, 0.1) is 7.11 Å². The molecule has 2 amide bonds. The van der Waals surface area contributed by atoms with Gasteiger partial charge in [-0.25, -0.2) is 17.9 Å². The minimum absolute atomic E-state index is 0.0415. The highest BCUT2D eigenvalue weighted by Gasteiger charge is 2.22. The van der Waals surface area contributed by atoms with E-state index in [0.717, 1.165) is 6.07 Å². The van der Waals surface area contributed by atoms with Gasteiger partial charge in [-0.3, -0.25) is 0 Å². The number of nitrogens with two attached hydrogens (primary N) is 2. The molecule has 0 saturated heterocycles.